The highest BCUT2D eigenvalue weighted by atomic mass is 79.9. The summed E-state index contributed by atoms with van der Waals surface area (Å²) in [4.78, 5) is 28.0. The number of carbonyl (C=O) groups is 2. The lowest BCUT2D eigenvalue weighted by Crippen LogP contribution is -2.57. The third kappa shape index (κ3) is 2.10. The van der Waals surface area contributed by atoms with E-state index < -0.39 is 0 Å². The minimum atomic E-state index is -0.278. The molecule has 2 amide bonds. The van der Waals surface area contributed by atoms with Gasteiger partial charge in [-0.1, -0.05) is 6.07 Å². The molecule has 0 aromatic heterocycles. The Kier molecular flexibility index (Phi) is 3.39. The fourth-order valence-corrected chi connectivity index (χ4v) is 4.17. The maximum Gasteiger partial charge on any atom is 0.250 e. The molecule has 2 saturated heterocycles. The standard InChI is InChI=1S/C13H12Br2N2O2/c14-8-3-1-4-9(15)12(8)17-7-11(18)16-6-2-5-10(16)13(17)19/h1,3-4,10H,2,5-7H2. The smallest absolute Gasteiger partial charge is 0.250 e. The lowest BCUT2D eigenvalue weighted by molar-refractivity contribution is -0.140. The van der Waals surface area contributed by atoms with Crippen LogP contribution in [0.25, 0.3) is 0 Å². The first-order chi connectivity index (χ1) is 9.09. The largest absolute Gasteiger partial charge is 0.329 e. The number of para-hydroxylation sites is 1. The van der Waals surface area contributed by atoms with Crippen LogP contribution in [0.4, 0.5) is 5.69 Å². The van der Waals surface area contributed by atoms with Gasteiger partial charge in [-0.15, -0.1) is 0 Å². The molecule has 6 heteroatoms. The fraction of sp³-hybridized carbons (Fsp3) is 0.385. The number of nitrogens with zero attached hydrogens (tertiary/aromatic N) is 2. The van der Waals surface area contributed by atoms with Crippen LogP contribution in [0.3, 0.4) is 0 Å². The molecule has 1 aromatic carbocycles. The SMILES string of the molecule is O=C1C2CCCN2C(=O)CN1c1c(Br)cccc1Br. The van der Waals surface area contributed by atoms with Gasteiger partial charge in [0.1, 0.15) is 12.6 Å². The van der Waals surface area contributed by atoms with Gasteiger partial charge in [0.15, 0.2) is 0 Å². The number of hydrogen-bond donors (Lipinski definition) is 0. The summed E-state index contributed by atoms with van der Waals surface area (Å²) in [5, 5.41) is 0. The van der Waals surface area contributed by atoms with Crippen molar-refractivity contribution < 1.29 is 9.59 Å². The number of benzene rings is 1. The Labute approximate surface area is 128 Å². The molecule has 0 aliphatic carbocycles. The zero-order valence-electron chi connectivity index (χ0n) is 10.1. The number of anilines is 1. The van der Waals surface area contributed by atoms with Crippen LogP contribution in [0.5, 0.6) is 0 Å². The first-order valence-electron chi connectivity index (χ1n) is 6.14. The van der Waals surface area contributed by atoms with Gasteiger partial charge in [-0.2, -0.15) is 0 Å². The lowest BCUT2D eigenvalue weighted by Gasteiger charge is -2.37. The Morgan fingerprint density at radius 3 is 2.53 bits per heavy atom. The third-order valence-electron chi connectivity index (χ3n) is 3.63. The number of hydrogen-bond acceptors (Lipinski definition) is 2. The van der Waals surface area contributed by atoms with Gasteiger partial charge in [-0.3, -0.25) is 14.5 Å². The molecular weight excluding hydrogens is 376 g/mol. The summed E-state index contributed by atoms with van der Waals surface area (Å²) in [6, 6.07) is 5.35. The van der Waals surface area contributed by atoms with Crippen LogP contribution in [0, 0.1) is 0 Å². The van der Waals surface area contributed by atoms with Gasteiger partial charge in [-0.05, 0) is 56.8 Å². The van der Waals surface area contributed by atoms with Gasteiger partial charge in [0.25, 0.3) is 0 Å². The van der Waals surface area contributed by atoms with E-state index in [9.17, 15) is 9.59 Å². The van der Waals surface area contributed by atoms with Gasteiger partial charge < -0.3 is 4.90 Å². The average molecular weight is 388 g/mol. The Morgan fingerprint density at radius 1 is 1.16 bits per heavy atom. The van der Waals surface area contributed by atoms with Crippen LogP contribution in [0.1, 0.15) is 12.8 Å². The normalized spacial score (nSPS) is 22.9. The van der Waals surface area contributed by atoms with Crippen molar-refractivity contribution in [3.8, 4) is 0 Å². The van der Waals surface area contributed by atoms with Gasteiger partial charge in [0, 0.05) is 15.5 Å². The summed E-state index contributed by atoms with van der Waals surface area (Å²) in [5.41, 5.74) is 0.743. The summed E-state index contributed by atoms with van der Waals surface area (Å²) in [7, 11) is 0. The molecule has 1 unspecified atom stereocenters. The maximum absolute atomic E-state index is 12.5. The monoisotopic (exact) mass is 386 g/mol. The van der Waals surface area contributed by atoms with Crippen LogP contribution in [-0.4, -0.2) is 35.8 Å². The van der Waals surface area contributed by atoms with Crippen molar-refractivity contribution >= 4 is 49.4 Å². The highest BCUT2D eigenvalue weighted by Gasteiger charge is 2.43. The van der Waals surface area contributed by atoms with Crippen LogP contribution in [-0.2, 0) is 9.59 Å². The summed E-state index contributed by atoms with van der Waals surface area (Å²) in [6.45, 7) is 0.830. The Balaban J connectivity index is 2.01. The fourth-order valence-electron chi connectivity index (χ4n) is 2.74. The summed E-state index contributed by atoms with van der Waals surface area (Å²) < 4.78 is 1.63. The number of amides is 2. The molecule has 3 rings (SSSR count). The second kappa shape index (κ2) is 4.90. The summed E-state index contributed by atoms with van der Waals surface area (Å²) in [6.07, 6.45) is 1.68. The van der Waals surface area contributed by atoms with E-state index in [1.165, 1.54) is 0 Å². The predicted octanol–water partition coefficient (Wildman–Crippen LogP) is 2.55. The molecule has 2 aliphatic heterocycles. The van der Waals surface area contributed by atoms with Crippen molar-refractivity contribution in [2.45, 2.75) is 18.9 Å². The molecule has 19 heavy (non-hydrogen) atoms. The minimum absolute atomic E-state index is 0.0182. The second-order valence-electron chi connectivity index (χ2n) is 4.74. The minimum Gasteiger partial charge on any atom is -0.329 e. The van der Waals surface area contributed by atoms with Crippen molar-refractivity contribution in [1.29, 1.82) is 0 Å². The highest BCUT2D eigenvalue weighted by molar-refractivity contribution is 9.11. The number of rotatable bonds is 1. The Hall–Kier alpha value is -0.880. The van der Waals surface area contributed by atoms with E-state index in [4.69, 9.17) is 0 Å². The van der Waals surface area contributed by atoms with Gasteiger partial charge in [0.2, 0.25) is 11.8 Å². The zero-order valence-corrected chi connectivity index (χ0v) is 13.3. The van der Waals surface area contributed by atoms with Crippen molar-refractivity contribution in [3.05, 3.63) is 27.1 Å². The third-order valence-corrected chi connectivity index (χ3v) is 4.90. The van der Waals surface area contributed by atoms with Crippen LogP contribution >= 0.6 is 31.9 Å². The van der Waals surface area contributed by atoms with Gasteiger partial charge >= 0.3 is 0 Å². The molecule has 4 nitrogen and oxygen atoms in total. The summed E-state index contributed by atoms with van der Waals surface area (Å²) >= 11 is 6.91. The molecule has 0 N–H and O–H groups in total. The number of halogens is 2. The Morgan fingerprint density at radius 2 is 1.84 bits per heavy atom. The average Bonchev–Trinajstić information content (AvgIpc) is 2.85. The first-order valence-corrected chi connectivity index (χ1v) is 7.73. The molecule has 0 saturated carbocycles. The molecule has 0 radical (unpaired) electrons. The van der Waals surface area contributed by atoms with Gasteiger partial charge in [-0.25, -0.2) is 0 Å². The number of carbonyl (C=O) groups excluding carboxylic acids is 2. The van der Waals surface area contributed by atoms with Crippen molar-refractivity contribution in [2.24, 2.45) is 0 Å². The van der Waals surface area contributed by atoms with E-state index in [2.05, 4.69) is 31.9 Å². The van der Waals surface area contributed by atoms with E-state index in [0.717, 1.165) is 27.5 Å². The van der Waals surface area contributed by atoms with Crippen molar-refractivity contribution in [1.82, 2.24) is 4.90 Å². The molecular formula is C13H12Br2N2O2. The van der Waals surface area contributed by atoms with Crippen LogP contribution in [0.2, 0.25) is 0 Å². The van der Waals surface area contributed by atoms with Crippen LogP contribution in [0.15, 0.2) is 27.1 Å². The van der Waals surface area contributed by atoms with Crippen LogP contribution < -0.4 is 4.90 Å². The second-order valence-corrected chi connectivity index (χ2v) is 6.45. The molecule has 100 valence electrons. The first kappa shape index (κ1) is 13.1. The predicted molar refractivity (Wildman–Crippen MR) is 78.9 cm³/mol. The molecule has 2 fully saturated rings. The van der Waals surface area contributed by atoms with Crippen molar-refractivity contribution in [2.75, 3.05) is 18.0 Å². The van der Waals surface area contributed by atoms with E-state index in [1.807, 2.05) is 18.2 Å². The molecule has 2 aliphatic rings. The Bertz CT molecular complexity index is 541. The molecule has 1 aromatic rings. The molecule has 2 heterocycles. The topological polar surface area (TPSA) is 40.6 Å². The molecule has 1 atom stereocenters. The van der Waals surface area contributed by atoms with E-state index in [1.54, 1.807) is 9.80 Å². The molecule has 0 spiro atoms. The lowest BCUT2D eigenvalue weighted by atomic mass is 10.1. The van der Waals surface area contributed by atoms with Crippen molar-refractivity contribution in [3.63, 3.8) is 0 Å². The van der Waals surface area contributed by atoms with E-state index >= 15 is 0 Å². The quantitative estimate of drug-likeness (QED) is 0.742. The highest BCUT2D eigenvalue weighted by Crippen LogP contribution is 2.37. The van der Waals surface area contributed by atoms with E-state index in [0.29, 0.717) is 6.54 Å². The summed E-state index contributed by atoms with van der Waals surface area (Å²) in [5.74, 6) is 0.0504. The zero-order chi connectivity index (χ0) is 13.6. The maximum atomic E-state index is 12.5. The number of piperazine rings is 1. The van der Waals surface area contributed by atoms with Gasteiger partial charge in [0.05, 0.1) is 5.69 Å². The molecule has 0 bridgehead atoms. The number of fused-ring (bicyclic) bond motifs is 1. The van der Waals surface area contributed by atoms with E-state index in [-0.39, 0.29) is 24.4 Å².